The number of nitrogens with zero attached hydrogens (tertiary/aromatic N) is 4. The van der Waals surface area contributed by atoms with E-state index in [4.69, 9.17) is 0 Å². The lowest BCUT2D eigenvalue weighted by atomic mass is 9.33. The van der Waals surface area contributed by atoms with Crippen LogP contribution in [0.3, 0.4) is 0 Å². The Kier molecular flexibility index (Phi) is 15.1. The summed E-state index contributed by atoms with van der Waals surface area (Å²) in [5.74, 6) is 0. The topological polar surface area (TPSA) is 13.0 Å². The van der Waals surface area contributed by atoms with Gasteiger partial charge in [-0.3, -0.25) is 0 Å². The highest BCUT2D eigenvalue weighted by Crippen LogP contribution is 2.46. The van der Waals surface area contributed by atoms with Crippen molar-refractivity contribution in [2.24, 2.45) is 0 Å². The summed E-state index contributed by atoms with van der Waals surface area (Å²) in [5.41, 5.74) is 21.0. The van der Waals surface area contributed by atoms with E-state index in [9.17, 15) is 0 Å². The van der Waals surface area contributed by atoms with Crippen molar-refractivity contribution in [3.8, 4) is 11.1 Å². The summed E-state index contributed by atoms with van der Waals surface area (Å²) in [5, 5.41) is 11.8. The van der Waals surface area contributed by atoms with Crippen LogP contribution in [-0.2, 0) is 0 Å². The molecule has 0 saturated carbocycles. The fraction of sp³-hybridized carbons (Fsp3) is 0. The summed E-state index contributed by atoms with van der Waals surface area (Å²) in [6, 6.07) is 162. The van der Waals surface area contributed by atoms with Gasteiger partial charge in [-0.1, -0.05) is 364 Å². The summed E-state index contributed by atoms with van der Waals surface area (Å²) in [7, 11) is -10.1. The molecular weight excluding hydrogens is 1310 g/mol. The number of hydrogen-bond donors (Lipinski definition) is 0. The molecular formula is C96H70B2N4Si3. The van der Waals surface area contributed by atoms with Gasteiger partial charge in [-0.2, -0.15) is 0 Å². The Morgan fingerprint density at radius 1 is 0.171 bits per heavy atom. The van der Waals surface area contributed by atoms with Crippen LogP contribution in [0.5, 0.6) is 0 Å². The Balaban J connectivity index is 0.826. The van der Waals surface area contributed by atoms with Gasteiger partial charge >= 0.3 is 0 Å². The van der Waals surface area contributed by atoms with Crippen LogP contribution in [0.15, 0.2) is 425 Å². The molecule has 0 fully saturated rings. The molecule has 16 aromatic carbocycles. The van der Waals surface area contributed by atoms with E-state index in [2.05, 4.69) is 443 Å². The second kappa shape index (κ2) is 25.5. The highest BCUT2D eigenvalue weighted by atomic mass is 28.3. The van der Waals surface area contributed by atoms with Gasteiger partial charge in [0.25, 0.3) is 38.1 Å². The standard InChI is InChI=1S/C96H70B2N4Si3/c1-10-38-73(39-11-1)99-87-68-67-72(70-86(87)98-85-59-30-33-62-90(85)100(92-64-35-63-91(99)95(92)98)103(74-40-12-2-13-41-74,75-42-14-3-15-43-75)76-44-16-4-17-45-76)71-37-34-56-82(69-71)105(80-52-24-8-25-53-80,81-54-26-9-27-55-81)102-89-61-32-29-58-84(89)97-83-57-28-31-60-88(83)101(93-65-36-66-94(102)96(93)97)104(77-46-18-5-19-47-77,78-48-20-6-21-49-78)79-50-22-7-23-51-79/h1-70H. The van der Waals surface area contributed by atoms with E-state index in [0.717, 1.165) is 5.69 Å². The minimum atomic E-state index is -3.57. The first-order chi connectivity index (χ1) is 52.2. The summed E-state index contributed by atoms with van der Waals surface area (Å²) >= 11 is 0. The SMILES string of the molecule is c1ccc(N2c3ccc(-c4cccc([Si](c5ccccc5)(c5ccccc5)N5c6ccccc6B6c7ccccc7N([Si](c7ccccc7)(c7ccccc7)c7ccccc7)c7cccc5c76)c4)cc3B3c4ccccc4N([Si](c4ccccc4)(c4ccccc4)c4ccccc4)c4cccc2c43)cc1. The molecule has 16 aromatic rings. The van der Waals surface area contributed by atoms with Gasteiger partial charge < -0.3 is 18.6 Å². The van der Waals surface area contributed by atoms with Crippen molar-refractivity contribution in [3.05, 3.63) is 425 Å². The van der Waals surface area contributed by atoms with Gasteiger partial charge in [0.15, 0.2) is 0 Å². The fourth-order valence-corrected chi connectivity index (χ4v) is 33.7. The van der Waals surface area contributed by atoms with Crippen LogP contribution >= 0.6 is 0 Å². The fourth-order valence-electron chi connectivity index (χ4n) is 18.9. The Morgan fingerprint density at radius 2 is 0.429 bits per heavy atom. The summed E-state index contributed by atoms with van der Waals surface area (Å²) in [6.45, 7) is -0.186. The molecule has 0 bridgehead atoms. The molecule has 0 atom stereocenters. The number of hydrogen-bond acceptors (Lipinski definition) is 4. The van der Waals surface area contributed by atoms with Crippen molar-refractivity contribution in [1.82, 2.24) is 0 Å². The van der Waals surface area contributed by atoms with Crippen molar-refractivity contribution in [3.63, 3.8) is 0 Å². The zero-order chi connectivity index (χ0) is 69.5. The first-order valence-corrected chi connectivity index (χ1v) is 42.5. The first-order valence-electron chi connectivity index (χ1n) is 36.6. The number of fused-ring (bicyclic) bond motifs is 8. The van der Waals surface area contributed by atoms with E-state index >= 15 is 0 Å². The second-order valence-corrected chi connectivity index (χ2v) is 38.9. The van der Waals surface area contributed by atoms with Crippen molar-refractivity contribution in [2.75, 3.05) is 18.6 Å². The van der Waals surface area contributed by atoms with E-state index in [-0.39, 0.29) is 13.4 Å². The van der Waals surface area contributed by atoms with Gasteiger partial charge in [0.1, 0.15) is 0 Å². The van der Waals surface area contributed by atoms with Crippen LogP contribution in [-0.4, -0.2) is 38.1 Å². The molecule has 4 aliphatic rings. The zero-order valence-electron chi connectivity index (χ0n) is 57.9. The van der Waals surface area contributed by atoms with Crippen LogP contribution in [0.2, 0.25) is 0 Å². The van der Waals surface area contributed by atoms with Crippen LogP contribution < -0.4 is 98.1 Å². The molecule has 0 radical (unpaired) electrons. The lowest BCUT2D eigenvalue weighted by Gasteiger charge is -2.54. The van der Waals surface area contributed by atoms with Gasteiger partial charge in [0.2, 0.25) is 0 Å². The van der Waals surface area contributed by atoms with Crippen LogP contribution in [0, 0.1) is 0 Å². The summed E-state index contributed by atoms with van der Waals surface area (Å²) < 4.78 is 8.57. The molecule has 0 amide bonds. The molecule has 4 aliphatic heterocycles. The van der Waals surface area contributed by atoms with Crippen molar-refractivity contribution < 1.29 is 0 Å². The number of para-hydroxylation sites is 4. The third kappa shape index (κ3) is 9.38. The highest BCUT2D eigenvalue weighted by molar-refractivity contribution is 7.18. The predicted molar refractivity (Wildman–Crippen MR) is 454 cm³/mol. The highest BCUT2D eigenvalue weighted by Gasteiger charge is 2.57. The van der Waals surface area contributed by atoms with E-state index in [1.807, 2.05) is 0 Å². The van der Waals surface area contributed by atoms with Gasteiger partial charge in [0, 0.05) is 51.2 Å². The average molecular weight is 1390 g/mol. The Morgan fingerprint density at radius 3 is 0.790 bits per heavy atom. The Labute approximate surface area is 618 Å². The van der Waals surface area contributed by atoms with E-state index < -0.39 is 24.7 Å². The Hall–Kier alpha value is -12.5. The molecule has 0 unspecified atom stereocenters. The third-order valence-corrected chi connectivity index (χ3v) is 36.8. The molecule has 0 N–H and O–H groups in total. The number of benzene rings is 16. The minimum absolute atomic E-state index is 0.0722. The van der Waals surface area contributed by atoms with Gasteiger partial charge in [0.05, 0.1) is 0 Å². The second-order valence-electron chi connectivity index (χ2n) is 28.1. The molecule has 105 heavy (non-hydrogen) atoms. The average Bonchev–Trinajstić information content (AvgIpc) is 0.683. The predicted octanol–water partition coefficient (Wildman–Crippen LogP) is 12.5. The lowest BCUT2D eigenvalue weighted by molar-refractivity contribution is 1.27. The maximum atomic E-state index is 2.89. The monoisotopic (exact) mass is 1380 g/mol. The van der Waals surface area contributed by atoms with Crippen LogP contribution in [0.25, 0.3) is 11.1 Å². The smallest absolute Gasteiger partial charge is 0.257 e. The molecule has 4 nitrogen and oxygen atoms in total. The lowest BCUT2D eigenvalue weighted by Crippen LogP contribution is -2.81. The van der Waals surface area contributed by atoms with Crippen molar-refractivity contribution in [1.29, 1.82) is 0 Å². The van der Waals surface area contributed by atoms with E-state index in [1.165, 1.54) is 136 Å². The molecule has 4 heterocycles. The van der Waals surface area contributed by atoms with Crippen molar-refractivity contribution >= 4 is 169 Å². The minimum Gasteiger partial charge on any atom is -0.357 e. The molecule has 0 saturated heterocycles. The maximum absolute atomic E-state index is 3.57. The van der Waals surface area contributed by atoms with Crippen LogP contribution in [0.1, 0.15) is 0 Å². The summed E-state index contributed by atoms with van der Waals surface area (Å²) in [4.78, 5) is 2.55. The van der Waals surface area contributed by atoms with Crippen molar-refractivity contribution in [2.45, 2.75) is 0 Å². The molecule has 492 valence electrons. The van der Waals surface area contributed by atoms with Gasteiger partial charge in [-0.15, -0.1) is 0 Å². The normalized spacial score (nSPS) is 13.2. The summed E-state index contributed by atoms with van der Waals surface area (Å²) in [6.07, 6.45) is 0. The van der Waals surface area contributed by atoms with Crippen LogP contribution in [0.4, 0.5) is 51.2 Å². The van der Waals surface area contributed by atoms with Gasteiger partial charge in [-0.25, -0.2) is 0 Å². The number of rotatable bonds is 14. The zero-order valence-corrected chi connectivity index (χ0v) is 60.9. The molecule has 9 heteroatoms. The first kappa shape index (κ1) is 62.3. The maximum Gasteiger partial charge on any atom is 0.257 e. The molecule has 20 rings (SSSR count). The van der Waals surface area contributed by atoms with Gasteiger partial charge in [-0.05, 0) is 151 Å². The molecule has 0 aliphatic carbocycles. The van der Waals surface area contributed by atoms with E-state index in [0.29, 0.717) is 0 Å². The largest absolute Gasteiger partial charge is 0.357 e. The molecule has 0 aromatic heterocycles. The quantitative estimate of drug-likeness (QED) is 0.0795. The number of anilines is 9. The van der Waals surface area contributed by atoms with E-state index in [1.54, 1.807) is 0 Å². The Bertz CT molecular complexity index is 5680. The third-order valence-electron chi connectivity index (χ3n) is 22.9. The molecule has 0 spiro atoms.